The van der Waals surface area contributed by atoms with Gasteiger partial charge in [-0.05, 0) is 25.0 Å². The summed E-state index contributed by atoms with van der Waals surface area (Å²) in [5, 5.41) is 16.5. The predicted molar refractivity (Wildman–Crippen MR) is 60.8 cm³/mol. The van der Waals surface area contributed by atoms with Gasteiger partial charge in [-0.2, -0.15) is 5.10 Å². The molecule has 2 aromatic rings. The second-order valence-corrected chi connectivity index (χ2v) is 4.37. The molecule has 0 amide bonds. The highest BCUT2D eigenvalue weighted by Gasteiger charge is 2.42. The number of hydrogen-bond acceptors (Lipinski definition) is 3. The number of aromatic nitrogens is 2. The maximum absolute atomic E-state index is 9.46. The Hall–Kier alpha value is -1.81. The topological polar surface area (TPSA) is 74.9 Å². The first-order valence-corrected chi connectivity index (χ1v) is 5.31. The lowest BCUT2D eigenvalue weighted by molar-refractivity contribution is 0.475. The van der Waals surface area contributed by atoms with Crippen LogP contribution in [0.4, 0.5) is 0 Å². The quantitative estimate of drug-likeness (QED) is 0.714. The Morgan fingerprint density at radius 1 is 1.38 bits per heavy atom. The average Bonchev–Trinajstić information content (AvgIpc) is 2.83. The van der Waals surface area contributed by atoms with E-state index in [0.717, 1.165) is 29.7 Å². The van der Waals surface area contributed by atoms with Gasteiger partial charge < -0.3 is 10.8 Å². The number of benzene rings is 1. The Kier molecular flexibility index (Phi) is 1.82. The van der Waals surface area contributed by atoms with Crippen molar-refractivity contribution < 1.29 is 5.11 Å². The van der Waals surface area contributed by atoms with Gasteiger partial charge in [-0.1, -0.05) is 12.1 Å². The molecular formula is C12H13N3O. The van der Waals surface area contributed by atoms with E-state index in [-0.39, 0.29) is 11.3 Å². The third-order valence-electron chi connectivity index (χ3n) is 3.10. The molecule has 4 N–H and O–H groups in total. The summed E-state index contributed by atoms with van der Waals surface area (Å²) in [5.41, 5.74) is 8.82. The number of phenolic OH excluding ortho intramolecular Hbond substituents is 1. The fourth-order valence-electron chi connectivity index (χ4n) is 1.95. The Balaban J connectivity index is 2.10. The third-order valence-corrected chi connectivity index (χ3v) is 3.10. The molecule has 1 aliphatic rings. The molecule has 1 fully saturated rings. The Morgan fingerprint density at radius 2 is 2.19 bits per heavy atom. The van der Waals surface area contributed by atoms with Gasteiger partial charge in [0.15, 0.2) is 0 Å². The lowest BCUT2D eigenvalue weighted by Crippen LogP contribution is -2.18. The molecule has 0 spiro atoms. The van der Waals surface area contributed by atoms with E-state index in [0.29, 0.717) is 0 Å². The molecule has 0 atom stereocenters. The van der Waals surface area contributed by atoms with E-state index in [1.54, 1.807) is 18.3 Å². The first-order chi connectivity index (χ1) is 7.69. The fourth-order valence-corrected chi connectivity index (χ4v) is 1.95. The van der Waals surface area contributed by atoms with Crippen molar-refractivity contribution in [2.45, 2.75) is 18.4 Å². The highest BCUT2D eigenvalue weighted by Crippen LogP contribution is 2.45. The molecule has 3 rings (SSSR count). The number of nitrogens with zero attached hydrogens (tertiary/aromatic N) is 1. The van der Waals surface area contributed by atoms with Gasteiger partial charge in [0, 0.05) is 16.7 Å². The largest absolute Gasteiger partial charge is 0.508 e. The molecule has 0 bridgehead atoms. The van der Waals surface area contributed by atoms with E-state index in [4.69, 9.17) is 5.73 Å². The van der Waals surface area contributed by atoms with Crippen molar-refractivity contribution in [3.8, 4) is 17.0 Å². The van der Waals surface area contributed by atoms with Crippen LogP contribution >= 0.6 is 0 Å². The summed E-state index contributed by atoms with van der Waals surface area (Å²) in [6, 6.07) is 7.10. The van der Waals surface area contributed by atoms with Crippen molar-refractivity contribution in [3.05, 3.63) is 36.0 Å². The second kappa shape index (κ2) is 3.09. The highest BCUT2D eigenvalue weighted by atomic mass is 16.3. The smallest absolute Gasteiger partial charge is 0.116 e. The third kappa shape index (κ3) is 1.39. The number of H-pyrrole nitrogens is 1. The van der Waals surface area contributed by atoms with E-state index >= 15 is 0 Å². The average molecular weight is 215 g/mol. The Bertz CT molecular complexity index is 529. The number of nitrogens with one attached hydrogen (secondary N) is 1. The number of aromatic hydroxyl groups is 1. The SMILES string of the molecule is NC1(c2cn[nH]c2-c2cccc(O)c2)CC1. The Labute approximate surface area is 93.1 Å². The summed E-state index contributed by atoms with van der Waals surface area (Å²) in [7, 11) is 0. The number of aromatic amines is 1. The standard InChI is InChI=1S/C12H13N3O/c13-12(4-5-12)10-7-14-15-11(10)8-2-1-3-9(16)6-8/h1-3,6-7,16H,4-5,13H2,(H,14,15). The molecule has 0 unspecified atom stereocenters. The molecule has 0 aliphatic heterocycles. The van der Waals surface area contributed by atoms with Crippen LogP contribution in [0.3, 0.4) is 0 Å². The molecule has 4 heteroatoms. The first-order valence-electron chi connectivity index (χ1n) is 5.31. The van der Waals surface area contributed by atoms with E-state index in [9.17, 15) is 5.11 Å². The lowest BCUT2D eigenvalue weighted by atomic mass is 10.0. The van der Waals surface area contributed by atoms with Gasteiger partial charge in [0.05, 0.1) is 11.9 Å². The molecule has 1 aliphatic carbocycles. The highest BCUT2D eigenvalue weighted by molar-refractivity contribution is 5.66. The van der Waals surface area contributed by atoms with Crippen molar-refractivity contribution in [2.75, 3.05) is 0 Å². The van der Waals surface area contributed by atoms with Crippen LogP contribution in [0.25, 0.3) is 11.3 Å². The molecule has 1 aromatic heterocycles. The Morgan fingerprint density at radius 3 is 2.88 bits per heavy atom. The zero-order chi connectivity index (χ0) is 11.2. The number of nitrogens with two attached hydrogens (primary N) is 1. The summed E-state index contributed by atoms with van der Waals surface area (Å²) >= 11 is 0. The maximum atomic E-state index is 9.46. The van der Waals surface area contributed by atoms with Crippen molar-refractivity contribution in [1.29, 1.82) is 0 Å². The van der Waals surface area contributed by atoms with Crippen LogP contribution < -0.4 is 5.73 Å². The van der Waals surface area contributed by atoms with Crippen molar-refractivity contribution >= 4 is 0 Å². The molecule has 1 aromatic carbocycles. The predicted octanol–water partition coefficient (Wildman–Crippen LogP) is 1.73. The molecule has 4 nitrogen and oxygen atoms in total. The van der Waals surface area contributed by atoms with Gasteiger partial charge >= 0.3 is 0 Å². The van der Waals surface area contributed by atoms with E-state index in [1.807, 2.05) is 12.1 Å². The minimum absolute atomic E-state index is 0.214. The van der Waals surface area contributed by atoms with Crippen LogP contribution in [-0.4, -0.2) is 15.3 Å². The van der Waals surface area contributed by atoms with Crippen molar-refractivity contribution in [3.63, 3.8) is 0 Å². The minimum atomic E-state index is -0.214. The summed E-state index contributed by atoms with van der Waals surface area (Å²) in [6.45, 7) is 0. The number of phenols is 1. The van der Waals surface area contributed by atoms with Crippen LogP contribution in [0.15, 0.2) is 30.5 Å². The minimum Gasteiger partial charge on any atom is -0.508 e. The number of rotatable bonds is 2. The van der Waals surface area contributed by atoms with Crippen LogP contribution in [0.2, 0.25) is 0 Å². The van der Waals surface area contributed by atoms with Crippen LogP contribution in [0.5, 0.6) is 5.75 Å². The van der Waals surface area contributed by atoms with Gasteiger partial charge in [-0.25, -0.2) is 0 Å². The van der Waals surface area contributed by atoms with Gasteiger partial charge in [-0.15, -0.1) is 0 Å². The van der Waals surface area contributed by atoms with Gasteiger partial charge in [0.25, 0.3) is 0 Å². The second-order valence-electron chi connectivity index (χ2n) is 4.37. The van der Waals surface area contributed by atoms with Gasteiger partial charge in [-0.3, -0.25) is 5.10 Å². The molecule has 1 heterocycles. The molecule has 0 radical (unpaired) electrons. The summed E-state index contributed by atoms with van der Waals surface area (Å²) in [5.74, 6) is 0.250. The summed E-state index contributed by atoms with van der Waals surface area (Å²) in [4.78, 5) is 0. The normalized spacial score (nSPS) is 17.3. The van der Waals surface area contributed by atoms with E-state index in [1.165, 1.54) is 0 Å². The van der Waals surface area contributed by atoms with Gasteiger partial charge in [0.2, 0.25) is 0 Å². The number of hydrogen-bond donors (Lipinski definition) is 3. The van der Waals surface area contributed by atoms with Crippen molar-refractivity contribution in [1.82, 2.24) is 10.2 Å². The molecule has 82 valence electrons. The molecule has 1 saturated carbocycles. The zero-order valence-electron chi connectivity index (χ0n) is 8.77. The first kappa shape index (κ1) is 9.42. The van der Waals surface area contributed by atoms with Crippen LogP contribution in [0.1, 0.15) is 18.4 Å². The monoisotopic (exact) mass is 215 g/mol. The maximum Gasteiger partial charge on any atom is 0.116 e. The summed E-state index contributed by atoms with van der Waals surface area (Å²) in [6.07, 6.45) is 3.78. The van der Waals surface area contributed by atoms with E-state index in [2.05, 4.69) is 10.2 Å². The van der Waals surface area contributed by atoms with Gasteiger partial charge in [0.1, 0.15) is 5.75 Å². The molecule has 0 saturated heterocycles. The van der Waals surface area contributed by atoms with Crippen LogP contribution in [-0.2, 0) is 5.54 Å². The molecular weight excluding hydrogens is 202 g/mol. The van der Waals surface area contributed by atoms with Crippen LogP contribution in [0, 0.1) is 0 Å². The van der Waals surface area contributed by atoms with Crippen molar-refractivity contribution in [2.24, 2.45) is 5.73 Å². The molecule has 16 heavy (non-hydrogen) atoms. The fraction of sp³-hybridized carbons (Fsp3) is 0.250. The van der Waals surface area contributed by atoms with E-state index < -0.39 is 0 Å². The lowest BCUT2D eigenvalue weighted by Gasteiger charge is -2.09. The zero-order valence-corrected chi connectivity index (χ0v) is 8.77. The summed E-state index contributed by atoms with van der Waals surface area (Å²) < 4.78 is 0.